The maximum absolute atomic E-state index is 12.0. The van der Waals surface area contributed by atoms with Crippen molar-refractivity contribution in [2.45, 2.75) is 52.7 Å². The summed E-state index contributed by atoms with van der Waals surface area (Å²) in [6.45, 7) is 7.22. The monoisotopic (exact) mass is 420 g/mol. The number of methoxy groups -OCH3 is 1. The van der Waals surface area contributed by atoms with Gasteiger partial charge in [0.15, 0.2) is 0 Å². The Morgan fingerprint density at radius 3 is 2.32 bits per heavy atom. The molecule has 0 aliphatic heterocycles. The summed E-state index contributed by atoms with van der Waals surface area (Å²) in [4.78, 5) is 12.0. The van der Waals surface area contributed by atoms with E-state index in [1.807, 2.05) is 44.2 Å². The fraction of sp³-hybridized carbons (Fsp3) is 0.346. The molecule has 0 aliphatic carbocycles. The number of nitrogens with one attached hydrogen (secondary N) is 1. The van der Waals surface area contributed by atoms with Gasteiger partial charge in [0.05, 0.1) is 12.7 Å². The summed E-state index contributed by atoms with van der Waals surface area (Å²) in [5.74, 6) is -0.0619. The van der Waals surface area contributed by atoms with Gasteiger partial charge in [-0.25, -0.2) is 4.79 Å². The molecule has 0 amide bonds. The lowest BCUT2D eigenvalue weighted by Crippen LogP contribution is -2.27. The van der Waals surface area contributed by atoms with Crippen LogP contribution in [0, 0.1) is 13.8 Å². The molecule has 2 aromatic carbocycles. The molecule has 0 saturated heterocycles. The third-order valence-electron chi connectivity index (χ3n) is 5.96. The van der Waals surface area contributed by atoms with E-state index in [9.17, 15) is 9.90 Å². The molecule has 0 saturated carbocycles. The number of aromatic carboxylic acids is 1. The molecule has 1 atom stereocenters. The Kier molecular flexibility index (Phi) is 7.53. The standard InChI is InChI=1S/C26H32N2O3/c1-18(10-11-21-8-6-5-7-9-21)27-16-24-19(2)28(20(3)25(24)26(29)30)17-22-12-14-23(31-4)15-13-22/h5-9,12-15,18,27H,10-11,16-17H2,1-4H3,(H,29,30). The summed E-state index contributed by atoms with van der Waals surface area (Å²) in [6, 6.07) is 18.6. The molecule has 3 rings (SSSR count). The molecule has 1 heterocycles. The average Bonchev–Trinajstić information content (AvgIpc) is 3.01. The normalized spacial score (nSPS) is 12.0. The largest absolute Gasteiger partial charge is 0.497 e. The van der Waals surface area contributed by atoms with Crippen LogP contribution in [0.2, 0.25) is 0 Å². The van der Waals surface area contributed by atoms with Gasteiger partial charge in [-0.15, -0.1) is 0 Å². The molecule has 0 aliphatic rings. The smallest absolute Gasteiger partial charge is 0.337 e. The van der Waals surface area contributed by atoms with Gasteiger partial charge in [-0.2, -0.15) is 0 Å². The minimum atomic E-state index is -0.872. The van der Waals surface area contributed by atoms with Crippen molar-refractivity contribution >= 4 is 5.97 Å². The van der Waals surface area contributed by atoms with Gasteiger partial charge < -0.3 is 19.7 Å². The number of benzene rings is 2. The molecule has 0 bridgehead atoms. The van der Waals surface area contributed by atoms with E-state index in [1.54, 1.807) is 7.11 Å². The van der Waals surface area contributed by atoms with Crippen LogP contribution in [0.1, 0.15) is 51.8 Å². The SMILES string of the molecule is COc1ccc(Cn2c(C)c(CNC(C)CCc3ccccc3)c(C(=O)O)c2C)cc1. The number of aromatic nitrogens is 1. The summed E-state index contributed by atoms with van der Waals surface area (Å²) < 4.78 is 7.33. The van der Waals surface area contributed by atoms with Crippen LogP contribution in [-0.4, -0.2) is 28.8 Å². The van der Waals surface area contributed by atoms with Crippen molar-refractivity contribution in [1.29, 1.82) is 0 Å². The van der Waals surface area contributed by atoms with E-state index in [2.05, 4.69) is 41.1 Å². The number of carbonyl (C=O) groups is 1. The van der Waals surface area contributed by atoms with E-state index < -0.39 is 5.97 Å². The number of hydrogen-bond acceptors (Lipinski definition) is 3. The first kappa shape index (κ1) is 22.6. The maximum atomic E-state index is 12.0. The Morgan fingerprint density at radius 1 is 1.03 bits per heavy atom. The molecule has 0 radical (unpaired) electrons. The van der Waals surface area contributed by atoms with Crippen LogP contribution < -0.4 is 10.1 Å². The summed E-state index contributed by atoms with van der Waals surface area (Å²) in [7, 11) is 1.65. The van der Waals surface area contributed by atoms with Crippen molar-refractivity contribution in [1.82, 2.24) is 9.88 Å². The van der Waals surface area contributed by atoms with E-state index in [-0.39, 0.29) is 6.04 Å². The van der Waals surface area contributed by atoms with Crippen LogP contribution in [0.3, 0.4) is 0 Å². The van der Waals surface area contributed by atoms with Gasteiger partial charge >= 0.3 is 5.97 Å². The molecule has 0 fully saturated rings. The first-order valence-corrected chi connectivity index (χ1v) is 10.7. The number of hydrogen-bond donors (Lipinski definition) is 2. The molecule has 31 heavy (non-hydrogen) atoms. The Hall–Kier alpha value is -3.05. The van der Waals surface area contributed by atoms with Crippen LogP contribution >= 0.6 is 0 Å². The molecular weight excluding hydrogens is 388 g/mol. The lowest BCUT2D eigenvalue weighted by atomic mass is 10.1. The molecule has 1 unspecified atom stereocenters. The van der Waals surface area contributed by atoms with Crippen molar-refractivity contribution in [3.63, 3.8) is 0 Å². The second-order valence-electron chi connectivity index (χ2n) is 8.07. The molecule has 2 N–H and O–H groups in total. The highest BCUT2D eigenvalue weighted by Crippen LogP contribution is 2.25. The summed E-state index contributed by atoms with van der Waals surface area (Å²) in [6.07, 6.45) is 1.99. The van der Waals surface area contributed by atoms with Crippen molar-refractivity contribution < 1.29 is 14.6 Å². The first-order valence-electron chi connectivity index (χ1n) is 10.7. The summed E-state index contributed by atoms with van der Waals surface area (Å²) in [5.41, 5.74) is 5.48. The van der Waals surface area contributed by atoms with Crippen LogP contribution in [0.15, 0.2) is 54.6 Å². The van der Waals surface area contributed by atoms with Crippen molar-refractivity contribution in [3.05, 3.63) is 88.2 Å². The third kappa shape index (κ3) is 5.56. The van der Waals surface area contributed by atoms with Crippen molar-refractivity contribution in [3.8, 4) is 5.75 Å². The summed E-state index contributed by atoms with van der Waals surface area (Å²) in [5, 5.41) is 13.4. The van der Waals surface area contributed by atoms with Gasteiger partial charge in [0.1, 0.15) is 5.75 Å². The van der Waals surface area contributed by atoms with Crippen LogP contribution in [0.5, 0.6) is 5.75 Å². The van der Waals surface area contributed by atoms with Crippen LogP contribution in [0.4, 0.5) is 0 Å². The topological polar surface area (TPSA) is 63.5 Å². The fourth-order valence-electron chi connectivity index (χ4n) is 4.01. The van der Waals surface area contributed by atoms with Gasteiger partial charge in [0.25, 0.3) is 0 Å². The highest BCUT2D eigenvalue weighted by molar-refractivity contribution is 5.91. The number of aryl methyl sites for hydroxylation is 1. The van der Waals surface area contributed by atoms with Gasteiger partial charge in [-0.1, -0.05) is 42.5 Å². The van der Waals surface area contributed by atoms with E-state index in [1.165, 1.54) is 5.56 Å². The molecular formula is C26H32N2O3. The Morgan fingerprint density at radius 2 is 1.71 bits per heavy atom. The lowest BCUT2D eigenvalue weighted by molar-refractivity contribution is 0.0694. The van der Waals surface area contributed by atoms with Crippen molar-refractivity contribution in [2.75, 3.05) is 7.11 Å². The maximum Gasteiger partial charge on any atom is 0.337 e. The Labute approximate surface area is 184 Å². The minimum absolute atomic E-state index is 0.284. The zero-order valence-electron chi connectivity index (χ0n) is 18.8. The number of carboxylic acid groups (broad SMARTS) is 1. The quantitative estimate of drug-likeness (QED) is 0.486. The molecule has 3 aromatic rings. The zero-order chi connectivity index (χ0) is 22.4. The van der Waals surface area contributed by atoms with Gasteiger partial charge in [-0.05, 0) is 56.9 Å². The first-order chi connectivity index (χ1) is 14.9. The minimum Gasteiger partial charge on any atom is -0.497 e. The Balaban J connectivity index is 1.73. The van der Waals surface area contributed by atoms with E-state index >= 15 is 0 Å². The lowest BCUT2D eigenvalue weighted by Gasteiger charge is -2.15. The highest BCUT2D eigenvalue weighted by Gasteiger charge is 2.22. The molecule has 1 aromatic heterocycles. The van der Waals surface area contributed by atoms with Gasteiger partial charge in [-0.3, -0.25) is 0 Å². The predicted octanol–water partition coefficient (Wildman–Crippen LogP) is 4.97. The summed E-state index contributed by atoms with van der Waals surface area (Å²) >= 11 is 0. The van der Waals surface area contributed by atoms with Crippen molar-refractivity contribution in [2.24, 2.45) is 0 Å². The molecule has 5 nitrogen and oxygen atoms in total. The van der Waals surface area contributed by atoms with Crippen LogP contribution in [-0.2, 0) is 19.5 Å². The van der Waals surface area contributed by atoms with Crippen LogP contribution in [0.25, 0.3) is 0 Å². The Bertz CT molecular complexity index is 1010. The van der Waals surface area contributed by atoms with Gasteiger partial charge in [0, 0.05) is 36.1 Å². The van der Waals surface area contributed by atoms with E-state index in [0.717, 1.165) is 41.1 Å². The third-order valence-corrected chi connectivity index (χ3v) is 5.96. The second-order valence-corrected chi connectivity index (χ2v) is 8.07. The van der Waals surface area contributed by atoms with Gasteiger partial charge in [0.2, 0.25) is 0 Å². The number of ether oxygens (including phenoxy) is 1. The average molecular weight is 421 g/mol. The number of rotatable bonds is 10. The molecule has 164 valence electrons. The zero-order valence-corrected chi connectivity index (χ0v) is 18.8. The fourth-order valence-corrected chi connectivity index (χ4v) is 4.01. The predicted molar refractivity (Wildman–Crippen MR) is 124 cm³/mol. The molecule has 5 heteroatoms. The highest BCUT2D eigenvalue weighted by atomic mass is 16.5. The molecule has 0 spiro atoms. The second kappa shape index (κ2) is 10.3. The number of carboxylic acids is 1. The van der Waals surface area contributed by atoms with E-state index in [0.29, 0.717) is 18.7 Å². The number of nitrogens with zero attached hydrogens (tertiary/aromatic N) is 1. The van der Waals surface area contributed by atoms with E-state index in [4.69, 9.17) is 4.74 Å².